The van der Waals surface area contributed by atoms with Gasteiger partial charge in [0.2, 0.25) is 0 Å². The molecule has 1 atom stereocenters. The van der Waals surface area contributed by atoms with Gasteiger partial charge in [0.05, 0.1) is 0 Å². The molecule has 0 saturated carbocycles. The minimum atomic E-state index is -0.104. The molecule has 0 aromatic heterocycles. The molecular formula is C53H49BN2. The van der Waals surface area contributed by atoms with Crippen LogP contribution in [0.5, 0.6) is 0 Å². The fourth-order valence-electron chi connectivity index (χ4n) is 9.92. The summed E-state index contributed by atoms with van der Waals surface area (Å²) in [6, 6.07) is 46.0. The molecular weight excluding hydrogens is 675 g/mol. The van der Waals surface area contributed by atoms with E-state index in [0.717, 1.165) is 32.1 Å². The first-order valence-corrected chi connectivity index (χ1v) is 20.6. The van der Waals surface area contributed by atoms with Gasteiger partial charge in [-0.15, -0.1) is 0 Å². The summed E-state index contributed by atoms with van der Waals surface area (Å²) < 4.78 is 0. The van der Waals surface area contributed by atoms with E-state index in [9.17, 15) is 0 Å². The van der Waals surface area contributed by atoms with Gasteiger partial charge in [0.15, 0.2) is 0 Å². The monoisotopic (exact) mass is 724 g/mol. The van der Waals surface area contributed by atoms with Gasteiger partial charge >= 0.3 is 0 Å². The quantitative estimate of drug-likeness (QED) is 0.161. The van der Waals surface area contributed by atoms with Crippen molar-refractivity contribution in [1.29, 1.82) is 0 Å². The van der Waals surface area contributed by atoms with Crippen LogP contribution in [0, 0.1) is 12.8 Å². The van der Waals surface area contributed by atoms with Gasteiger partial charge in [0, 0.05) is 34.2 Å². The maximum Gasteiger partial charge on any atom is 0.251 e. The Kier molecular flexibility index (Phi) is 8.51. The van der Waals surface area contributed by atoms with Crippen molar-refractivity contribution >= 4 is 40.3 Å². The number of fused-ring (bicyclic) bond motifs is 4. The van der Waals surface area contributed by atoms with Gasteiger partial charge in [0.1, 0.15) is 0 Å². The molecule has 0 saturated heterocycles. The Bertz CT molecular complexity index is 2550. The SMILES string of the molecule is CC1=CC=C(N2C3=CC(C(C)(C)c4ccccc4)CC4=C3B(c3cc(C)ccc32)c2cc(-c3ccccc3)ccc2N4c2ccc(C3=CC=CCC3)cc2)CC1. The van der Waals surface area contributed by atoms with Gasteiger partial charge in [-0.2, -0.15) is 0 Å². The molecule has 10 rings (SSSR count). The minimum Gasteiger partial charge on any atom is -0.315 e. The number of hydrogen-bond acceptors (Lipinski definition) is 2. The third-order valence-electron chi connectivity index (χ3n) is 13.2. The van der Waals surface area contributed by atoms with Crippen molar-refractivity contribution in [2.24, 2.45) is 5.92 Å². The highest BCUT2D eigenvalue weighted by molar-refractivity contribution is 6.94. The van der Waals surface area contributed by atoms with Gasteiger partial charge in [-0.05, 0) is 132 Å². The van der Waals surface area contributed by atoms with E-state index in [-0.39, 0.29) is 18.0 Å². The summed E-state index contributed by atoms with van der Waals surface area (Å²) in [5.74, 6) is 0.265. The van der Waals surface area contributed by atoms with E-state index in [0.29, 0.717) is 0 Å². The number of aryl methyl sites for hydroxylation is 1. The third kappa shape index (κ3) is 5.79. The van der Waals surface area contributed by atoms with Crippen LogP contribution in [0.4, 0.5) is 17.1 Å². The standard InChI is InChI=1S/C53H49BN2/c1-36-20-26-44(27-21-36)55-48-30-22-37(2)32-46(48)54-47-33-41(39-16-10-6-11-17-39)25-31-49(47)56(45-28-23-40(24-29-45)38-14-8-5-9-15-38)51-35-43(34-50(55)52(51)54)53(3,4)42-18-12-7-13-19-42/h5-8,10-14,16-20,22-26,28-34,43H,9,15,21,27,35H2,1-4H3. The molecule has 0 radical (unpaired) electrons. The topological polar surface area (TPSA) is 6.48 Å². The molecule has 3 aliphatic carbocycles. The lowest BCUT2D eigenvalue weighted by atomic mass is 9.31. The van der Waals surface area contributed by atoms with Gasteiger partial charge in [-0.1, -0.05) is 152 Å². The Labute approximate surface area is 333 Å². The maximum absolute atomic E-state index is 2.67. The first kappa shape index (κ1) is 34.7. The molecule has 2 aliphatic heterocycles. The molecule has 1 unspecified atom stereocenters. The highest BCUT2D eigenvalue weighted by atomic mass is 15.2. The van der Waals surface area contributed by atoms with E-state index in [1.165, 1.54) is 89.5 Å². The van der Waals surface area contributed by atoms with Gasteiger partial charge in [-0.3, -0.25) is 0 Å². The van der Waals surface area contributed by atoms with E-state index in [1.807, 2.05) is 0 Å². The molecule has 3 heteroatoms. The van der Waals surface area contributed by atoms with Crippen molar-refractivity contribution < 1.29 is 0 Å². The van der Waals surface area contributed by atoms with Crippen LogP contribution in [0.25, 0.3) is 16.7 Å². The number of allylic oxidation sites excluding steroid dienone is 11. The molecule has 56 heavy (non-hydrogen) atoms. The first-order chi connectivity index (χ1) is 27.3. The summed E-state index contributed by atoms with van der Waals surface area (Å²) in [7, 11) is 0. The van der Waals surface area contributed by atoms with Crippen LogP contribution in [0.3, 0.4) is 0 Å². The number of anilines is 3. The third-order valence-corrected chi connectivity index (χ3v) is 13.2. The Morgan fingerprint density at radius 2 is 1.36 bits per heavy atom. The van der Waals surface area contributed by atoms with Crippen LogP contribution in [-0.2, 0) is 5.41 Å². The average molecular weight is 725 g/mol. The fraction of sp³-hybridized carbons (Fsp3) is 0.208. The lowest BCUT2D eigenvalue weighted by molar-refractivity contribution is 0.372. The highest BCUT2D eigenvalue weighted by Gasteiger charge is 2.49. The van der Waals surface area contributed by atoms with Crippen LogP contribution in [0.2, 0.25) is 0 Å². The zero-order valence-electron chi connectivity index (χ0n) is 33.1. The predicted molar refractivity (Wildman–Crippen MR) is 239 cm³/mol. The number of nitrogens with zero attached hydrogens (tertiary/aromatic N) is 2. The summed E-state index contributed by atoms with van der Waals surface area (Å²) in [5, 5.41) is 0. The van der Waals surface area contributed by atoms with Crippen LogP contribution < -0.4 is 20.7 Å². The van der Waals surface area contributed by atoms with E-state index in [4.69, 9.17) is 0 Å². The predicted octanol–water partition coefficient (Wildman–Crippen LogP) is 12.3. The lowest BCUT2D eigenvalue weighted by Gasteiger charge is -2.51. The molecule has 274 valence electrons. The summed E-state index contributed by atoms with van der Waals surface area (Å²) in [4.78, 5) is 5.31. The van der Waals surface area contributed by atoms with Gasteiger partial charge in [-0.25, -0.2) is 0 Å². The van der Waals surface area contributed by atoms with Gasteiger partial charge < -0.3 is 9.80 Å². The summed E-state index contributed by atoms with van der Waals surface area (Å²) in [6.07, 6.45) is 19.4. The Hall–Kier alpha value is -5.80. The smallest absolute Gasteiger partial charge is 0.251 e. The molecule has 5 aromatic rings. The van der Waals surface area contributed by atoms with Crippen molar-refractivity contribution in [3.63, 3.8) is 0 Å². The molecule has 2 nitrogen and oxygen atoms in total. The molecule has 2 heterocycles. The Balaban J connectivity index is 1.25. The van der Waals surface area contributed by atoms with Crippen molar-refractivity contribution in [1.82, 2.24) is 0 Å². The van der Waals surface area contributed by atoms with Crippen molar-refractivity contribution in [3.8, 4) is 11.1 Å². The molecule has 0 N–H and O–H groups in total. The van der Waals surface area contributed by atoms with Crippen molar-refractivity contribution in [3.05, 3.63) is 203 Å². The largest absolute Gasteiger partial charge is 0.315 e. The zero-order chi connectivity index (χ0) is 38.0. The number of rotatable bonds is 6. The first-order valence-electron chi connectivity index (χ1n) is 20.6. The molecule has 0 amide bonds. The van der Waals surface area contributed by atoms with Crippen LogP contribution >= 0.6 is 0 Å². The van der Waals surface area contributed by atoms with E-state index < -0.39 is 0 Å². The molecule has 0 bridgehead atoms. The number of hydrogen-bond donors (Lipinski definition) is 0. The average Bonchev–Trinajstić information content (AvgIpc) is 3.25. The van der Waals surface area contributed by atoms with E-state index >= 15 is 0 Å². The van der Waals surface area contributed by atoms with Crippen molar-refractivity contribution in [2.75, 3.05) is 9.80 Å². The van der Waals surface area contributed by atoms with Crippen LogP contribution in [0.15, 0.2) is 186 Å². The van der Waals surface area contributed by atoms with Gasteiger partial charge in [0.25, 0.3) is 6.71 Å². The van der Waals surface area contributed by atoms with Crippen molar-refractivity contribution in [2.45, 2.75) is 65.2 Å². The molecule has 0 fully saturated rings. The summed E-state index contributed by atoms with van der Waals surface area (Å²) in [6.45, 7) is 9.54. The number of benzene rings is 5. The summed E-state index contributed by atoms with van der Waals surface area (Å²) >= 11 is 0. The van der Waals surface area contributed by atoms with Crippen LogP contribution in [0.1, 0.15) is 69.6 Å². The van der Waals surface area contributed by atoms with E-state index in [2.05, 4.69) is 195 Å². The molecule has 5 aromatic carbocycles. The maximum atomic E-state index is 2.67. The zero-order valence-corrected chi connectivity index (χ0v) is 33.1. The second-order valence-corrected chi connectivity index (χ2v) is 17.0. The second-order valence-electron chi connectivity index (χ2n) is 17.0. The molecule has 0 spiro atoms. The van der Waals surface area contributed by atoms with Crippen LogP contribution in [-0.4, -0.2) is 6.71 Å². The summed E-state index contributed by atoms with van der Waals surface area (Å²) in [5.41, 5.74) is 21.5. The Morgan fingerprint density at radius 1 is 0.643 bits per heavy atom. The lowest BCUT2D eigenvalue weighted by Crippen LogP contribution is -2.58. The Morgan fingerprint density at radius 3 is 2.09 bits per heavy atom. The second kappa shape index (κ2) is 13.7. The fourth-order valence-corrected chi connectivity index (χ4v) is 9.92. The van der Waals surface area contributed by atoms with E-state index in [1.54, 1.807) is 0 Å². The highest BCUT2D eigenvalue weighted by Crippen LogP contribution is 2.52. The minimum absolute atomic E-state index is 0.104. The molecule has 5 aliphatic rings. The normalized spacial score (nSPS) is 18.7.